The van der Waals surface area contributed by atoms with Gasteiger partial charge in [-0.2, -0.15) is 0 Å². The zero-order valence-electron chi connectivity index (χ0n) is 18.3. The number of fused-ring (bicyclic) bond motifs is 6. The third kappa shape index (κ3) is 2.45. The molecule has 0 amide bonds. The maximum atomic E-state index is 7.82. The Kier molecular flexibility index (Phi) is 3.91. The van der Waals surface area contributed by atoms with E-state index < -0.39 is 0 Å². The van der Waals surface area contributed by atoms with Crippen molar-refractivity contribution < 1.29 is 0 Å². The number of para-hydroxylation sites is 6. The molecule has 0 radical (unpaired) electrons. The van der Waals surface area contributed by atoms with E-state index in [9.17, 15) is 0 Å². The first-order valence-electron chi connectivity index (χ1n) is 11.3. The van der Waals surface area contributed by atoms with Crippen LogP contribution in [0.1, 0.15) is 0 Å². The molecule has 0 N–H and O–H groups in total. The van der Waals surface area contributed by atoms with Crippen molar-refractivity contribution in [2.45, 2.75) is 0 Å². The Bertz CT molecular complexity index is 1870. The summed E-state index contributed by atoms with van der Waals surface area (Å²) in [7, 11) is 0. The Morgan fingerprint density at radius 2 is 0.912 bits per heavy atom. The van der Waals surface area contributed by atoms with Crippen LogP contribution in [-0.4, -0.2) is 9.13 Å². The van der Waals surface area contributed by atoms with Gasteiger partial charge in [0.1, 0.15) is 0 Å². The first kappa shape index (κ1) is 18.7. The van der Waals surface area contributed by atoms with Gasteiger partial charge in [-0.15, -0.1) is 0 Å². The van der Waals surface area contributed by atoms with E-state index in [1.165, 1.54) is 32.6 Å². The maximum absolute atomic E-state index is 7.82. The van der Waals surface area contributed by atoms with E-state index >= 15 is 0 Å². The highest BCUT2D eigenvalue weighted by atomic mass is 15.1. The Labute approximate surface area is 196 Å². The lowest BCUT2D eigenvalue weighted by Gasteiger charge is -2.15. The van der Waals surface area contributed by atoms with Crippen LogP contribution >= 0.6 is 0 Å². The molecule has 7 rings (SSSR count). The molecule has 158 valence electrons. The summed E-state index contributed by atoms with van der Waals surface area (Å²) in [6, 6.07) is 40.0. The van der Waals surface area contributed by atoms with E-state index in [-0.39, 0.29) is 0 Å². The number of aromatic nitrogens is 2. The number of hydrogen-bond donors (Lipinski definition) is 0. The molecule has 2 heterocycles. The summed E-state index contributed by atoms with van der Waals surface area (Å²) >= 11 is 0. The number of rotatable bonds is 2. The molecule has 5 aromatic carbocycles. The fraction of sp³-hybridized carbons (Fsp3) is 0. The van der Waals surface area contributed by atoms with Crippen LogP contribution in [0.3, 0.4) is 0 Å². The summed E-state index contributed by atoms with van der Waals surface area (Å²) in [6.07, 6.45) is 0. The molecule has 34 heavy (non-hydrogen) atoms. The number of nitrogens with zero attached hydrogens (tertiary/aromatic N) is 3. The average molecular weight is 434 g/mol. The van der Waals surface area contributed by atoms with Gasteiger partial charge in [-0.3, -0.25) is 0 Å². The molecule has 0 saturated heterocycles. The maximum Gasteiger partial charge on any atom is 0.210 e. The Morgan fingerprint density at radius 1 is 0.441 bits per heavy atom. The van der Waals surface area contributed by atoms with Crippen molar-refractivity contribution in [2.24, 2.45) is 0 Å². The molecule has 0 spiro atoms. The molecule has 7 aromatic rings. The summed E-state index contributed by atoms with van der Waals surface area (Å²) in [6.45, 7) is 7.82. The molecule has 0 atom stereocenters. The van der Waals surface area contributed by atoms with Gasteiger partial charge >= 0.3 is 0 Å². The summed E-state index contributed by atoms with van der Waals surface area (Å²) in [4.78, 5) is 3.85. The third-order valence-corrected chi connectivity index (χ3v) is 6.74. The summed E-state index contributed by atoms with van der Waals surface area (Å²) in [5.41, 5.74) is 7.19. The zero-order valence-corrected chi connectivity index (χ0v) is 18.3. The number of hydrogen-bond acceptors (Lipinski definition) is 0. The second-order valence-electron chi connectivity index (χ2n) is 8.50. The fourth-order valence-electron chi connectivity index (χ4n) is 5.36. The smallest absolute Gasteiger partial charge is 0.210 e. The molecule has 0 saturated carbocycles. The van der Waals surface area contributed by atoms with Crippen LogP contribution in [0.4, 0.5) is 5.69 Å². The van der Waals surface area contributed by atoms with Crippen LogP contribution in [0.5, 0.6) is 0 Å². The second kappa shape index (κ2) is 7.10. The highest BCUT2D eigenvalue weighted by Gasteiger charge is 2.20. The van der Waals surface area contributed by atoms with E-state index in [1.54, 1.807) is 0 Å². The van der Waals surface area contributed by atoms with E-state index in [1.807, 2.05) is 24.3 Å². The predicted octanol–water partition coefficient (Wildman–Crippen LogP) is 8.43. The van der Waals surface area contributed by atoms with Crippen LogP contribution in [0.15, 0.2) is 115 Å². The fourth-order valence-corrected chi connectivity index (χ4v) is 5.36. The standard InChI is InChI=1S/C31H19N3/c1-32-25-15-5-9-19-29(25)34-28-18-8-4-13-23(28)24-14-10-20-30(31(24)34)33-26-16-6-2-11-21(26)22-12-3-7-17-27(22)33/h2-20H. The van der Waals surface area contributed by atoms with Gasteiger partial charge in [-0.1, -0.05) is 84.9 Å². The first-order valence-corrected chi connectivity index (χ1v) is 11.3. The van der Waals surface area contributed by atoms with Crippen molar-refractivity contribution in [1.82, 2.24) is 9.13 Å². The van der Waals surface area contributed by atoms with Gasteiger partial charge in [0, 0.05) is 21.5 Å². The lowest BCUT2D eigenvalue weighted by atomic mass is 10.1. The predicted molar refractivity (Wildman–Crippen MR) is 141 cm³/mol. The summed E-state index contributed by atoms with van der Waals surface area (Å²) < 4.78 is 4.62. The molecule has 2 aromatic heterocycles. The lowest BCUT2D eigenvalue weighted by molar-refractivity contribution is 1.13. The first-order chi connectivity index (χ1) is 16.9. The largest absolute Gasteiger partial charge is 0.317 e. The van der Waals surface area contributed by atoms with Crippen molar-refractivity contribution in [3.8, 4) is 11.4 Å². The molecule has 0 aliphatic carbocycles. The molecular weight excluding hydrogens is 414 g/mol. The minimum Gasteiger partial charge on any atom is -0.317 e. The Morgan fingerprint density at radius 3 is 1.56 bits per heavy atom. The highest BCUT2D eigenvalue weighted by molar-refractivity contribution is 6.15. The highest BCUT2D eigenvalue weighted by Crippen LogP contribution is 2.40. The summed E-state index contributed by atoms with van der Waals surface area (Å²) in [5, 5.41) is 4.83. The van der Waals surface area contributed by atoms with Gasteiger partial charge in [0.2, 0.25) is 5.69 Å². The molecule has 0 aliphatic heterocycles. The van der Waals surface area contributed by atoms with Gasteiger partial charge in [0.05, 0.1) is 40.0 Å². The number of benzene rings is 5. The van der Waals surface area contributed by atoms with Crippen molar-refractivity contribution in [2.75, 3.05) is 0 Å². The molecule has 0 aliphatic rings. The topological polar surface area (TPSA) is 14.2 Å². The quantitative estimate of drug-likeness (QED) is 0.243. The normalized spacial score (nSPS) is 11.5. The van der Waals surface area contributed by atoms with E-state index in [4.69, 9.17) is 6.57 Å². The van der Waals surface area contributed by atoms with Crippen LogP contribution < -0.4 is 0 Å². The molecular formula is C31H19N3. The van der Waals surface area contributed by atoms with Crippen molar-refractivity contribution in [3.05, 3.63) is 127 Å². The van der Waals surface area contributed by atoms with Gasteiger partial charge in [-0.25, -0.2) is 4.85 Å². The van der Waals surface area contributed by atoms with Crippen molar-refractivity contribution in [1.29, 1.82) is 0 Å². The van der Waals surface area contributed by atoms with Crippen LogP contribution in [0, 0.1) is 6.57 Å². The summed E-state index contributed by atoms with van der Waals surface area (Å²) in [5.74, 6) is 0. The second-order valence-corrected chi connectivity index (χ2v) is 8.50. The van der Waals surface area contributed by atoms with E-state index in [0.29, 0.717) is 5.69 Å². The molecule has 3 nitrogen and oxygen atoms in total. The molecule has 3 heteroatoms. The van der Waals surface area contributed by atoms with Gasteiger partial charge in [-0.05, 0) is 30.3 Å². The molecule has 0 unspecified atom stereocenters. The molecule has 0 bridgehead atoms. The van der Waals surface area contributed by atoms with E-state index in [0.717, 1.165) is 22.4 Å². The minimum absolute atomic E-state index is 0.641. The van der Waals surface area contributed by atoms with Crippen LogP contribution in [0.25, 0.3) is 59.8 Å². The third-order valence-electron chi connectivity index (χ3n) is 6.74. The van der Waals surface area contributed by atoms with Crippen LogP contribution in [0.2, 0.25) is 0 Å². The van der Waals surface area contributed by atoms with Gasteiger partial charge in [0.25, 0.3) is 0 Å². The van der Waals surface area contributed by atoms with Gasteiger partial charge < -0.3 is 9.13 Å². The monoisotopic (exact) mass is 433 g/mol. The SMILES string of the molecule is [C-]#[N+]c1ccccc1-n1c2ccccc2c2cccc(-n3c4ccccc4c4ccccc43)c21. The minimum atomic E-state index is 0.641. The van der Waals surface area contributed by atoms with Crippen LogP contribution in [-0.2, 0) is 0 Å². The van der Waals surface area contributed by atoms with Crippen molar-refractivity contribution >= 4 is 49.3 Å². The average Bonchev–Trinajstić information content (AvgIpc) is 3.42. The Hall–Kier alpha value is -4.81. The zero-order chi connectivity index (χ0) is 22.6. The molecule has 0 fully saturated rings. The van der Waals surface area contributed by atoms with E-state index in [2.05, 4.69) is 105 Å². The lowest BCUT2D eigenvalue weighted by Crippen LogP contribution is -2.00. The Balaban J connectivity index is 1.73. The van der Waals surface area contributed by atoms with Crippen molar-refractivity contribution in [3.63, 3.8) is 0 Å². The van der Waals surface area contributed by atoms with Gasteiger partial charge in [0.15, 0.2) is 0 Å².